The van der Waals surface area contributed by atoms with Gasteiger partial charge in [-0.05, 0) is 20.3 Å². The van der Waals surface area contributed by atoms with Crippen molar-refractivity contribution >= 4 is 17.6 Å². The van der Waals surface area contributed by atoms with Gasteiger partial charge in [-0.2, -0.15) is 0 Å². The van der Waals surface area contributed by atoms with E-state index >= 15 is 0 Å². The molecular formula is C18H29ClO4. The van der Waals surface area contributed by atoms with Crippen molar-refractivity contribution in [1.82, 2.24) is 0 Å². The lowest BCUT2D eigenvalue weighted by Crippen LogP contribution is -2.18. The van der Waals surface area contributed by atoms with Crippen LogP contribution in [0.3, 0.4) is 0 Å². The largest absolute Gasteiger partial charge is 0.498 e. The van der Waals surface area contributed by atoms with Crippen LogP contribution in [0, 0.1) is 11.8 Å². The summed E-state index contributed by atoms with van der Waals surface area (Å²) >= 11 is 6.11. The molecule has 1 N–H and O–H groups in total. The molecule has 0 saturated heterocycles. The maximum atomic E-state index is 11.4. The Morgan fingerprint density at radius 3 is 2.52 bits per heavy atom. The third kappa shape index (κ3) is 12.0. The molecule has 132 valence electrons. The summed E-state index contributed by atoms with van der Waals surface area (Å²) in [6.07, 6.45) is 5.50. The number of halogens is 1. The molecule has 4 nitrogen and oxygen atoms in total. The van der Waals surface area contributed by atoms with Crippen LogP contribution >= 0.6 is 11.6 Å². The number of carbonyl (C=O) groups is 1. The predicted molar refractivity (Wildman–Crippen MR) is 93.1 cm³/mol. The Morgan fingerprint density at radius 1 is 1.22 bits per heavy atom. The maximum absolute atomic E-state index is 11.4. The van der Waals surface area contributed by atoms with E-state index in [1.165, 1.54) is 6.08 Å². The van der Waals surface area contributed by atoms with E-state index in [1.807, 2.05) is 6.92 Å². The molecule has 0 radical (unpaired) electrons. The van der Waals surface area contributed by atoms with Crippen molar-refractivity contribution in [3.63, 3.8) is 0 Å². The van der Waals surface area contributed by atoms with E-state index in [0.29, 0.717) is 31.8 Å². The molecule has 2 atom stereocenters. The van der Waals surface area contributed by atoms with Crippen LogP contribution in [0.4, 0.5) is 0 Å². The Kier molecular flexibility index (Phi) is 13.7. The summed E-state index contributed by atoms with van der Waals surface area (Å²) in [6.45, 7) is 6.53. The standard InChI is InChI=1S/C18H29ClO4/c1-4-7-8-12-16(19)17(20)13-10-9-11-15(22-5-2)14-18(21)23-6-3/h14,16-17,20H,4-9,11-12H2,1-3H3. The molecule has 0 saturated carbocycles. The Balaban J connectivity index is 4.30. The molecule has 0 aromatic heterocycles. The van der Waals surface area contributed by atoms with Gasteiger partial charge in [0.15, 0.2) is 0 Å². The van der Waals surface area contributed by atoms with Crippen LogP contribution in [0.5, 0.6) is 0 Å². The predicted octanol–water partition coefficient (Wildman–Crippen LogP) is 3.80. The molecule has 0 heterocycles. The van der Waals surface area contributed by atoms with Crippen LogP contribution in [0.25, 0.3) is 0 Å². The van der Waals surface area contributed by atoms with Crippen molar-refractivity contribution < 1.29 is 19.4 Å². The van der Waals surface area contributed by atoms with Crippen molar-refractivity contribution in [3.8, 4) is 11.8 Å². The number of unbranched alkanes of at least 4 members (excludes halogenated alkanes) is 2. The Labute approximate surface area is 145 Å². The molecule has 0 aliphatic heterocycles. The SMILES string of the molecule is CCCCCC(Cl)C(O)C#CCCC(=CC(=O)OCC)OCC. The van der Waals surface area contributed by atoms with Crippen molar-refractivity contribution in [3.05, 3.63) is 11.8 Å². The second-order valence-electron chi connectivity index (χ2n) is 5.07. The third-order valence-electron chi connectivity index (χ3n) is 3.07. The summed E-state index contributed by atoms with van der Waals surface area (Å²) in [7, 11) is 0. The monoisotopic (exact) mass is 344 g/mol. The molecule has 0 aliphatic carbocycles. The van der Waals surface area contributed by atoms with Crippen LogP contribution < -0.4 is 0 Å². The van der Waals surface area contributed by atoms with E-state index in [4.69, 9.17) is 21.1 Å². The highest BCUT2D eigenvalue weighted by atomic mass is 35.5. The highest BCUT2D eigenvalue weighted by molar-refractivity contribution is 6.21. The molecule has 0 aromatic rings. The second kappa shape index (κ2) is 14.4. The number of aliphatic hydroxyl groups is 1. The summed E-state index contributed by atoms with van der Waals surface area (Å²) in [5.41, 5.74) is 0. The van der Waals surface area contributed by atoms with Gasteiger partial charge in [0, 0.05) is 12.8 Å². The third-order valence-corrected chi connectivity index (χ3v) is 3.52. The lowest BCUT2D eigenvalue weighted by atomic mass is 10.1. The van der Waals surface area contributed by atoms with Gasteiger partial charge in [-0.25, -0.2) is 4.79 Å². The molecular weight excluding hydrogens is 316 g/mol. The van der Waals surface area contributed by atoms with Crippen molar-refractivity contribution in [1.29, 1.82) is 0 Å². The van der Waals surface area contributed by atoms with Crippen LogP contribution in [0.1, 0.15) is 59.3 Å². The maximum Gasteiger partial charge on any atom is 0.334 e. The van der Waals surface area contributed by atoms with E-state index < -0.39 is 12.1 Å². The zero-order valence-electron chi connectivity index (χ0n) is 14.4. The molecule has 23 heavy (non-hydrogen) atoms. The Hall–Kier alpha value is -1.18. The first kappa shape index (κ1) is 21.8. The molecule has 5 heteroatoms. The van der Waals surface area contributed by atoms with E-state index in [0.717, 1.165) is 25.7 Å². The fourth-order valence-corrected chi connectivity index (χ4v) is 2.10. The van der Waals surface area contributed by atoms with Gasteiger partial charge in [-0.15, -0.1) is 17.5 Å². The number of alkyl halides is 1. The fraction of sp³-hybridized carbons (Fsp3) is 0.722. The second-order valence-corrected chi connectivity index (χ2v) is 5.63. The highest BCUT2D eigenvalue weighted by Gasteiger charge is 2.12. The lowest BCUT2D eigenvalue weighted by Gasteiger charge is -2.11. The molecule has 2 unspecified atom stereocenters. The van der Waals surface area contributed by atoms with Gasteiger partial charge >= 0.3 is 5.97 Å². The minimum Gasteiger partial charge on any atom is -0.498 e. The molecule has 0 aliphatic rings. The number of rotatable bonds is 11. The summed E-state index contributed by atoms with van der Waals surface area (Å²) in [6, 6.07) is 0. The summed E-state index contributed by atoms with van der Waals surface area (Å²) in [4.78, 5) is 11.4. The zero-order valence-corrected chi connectivity index (χ0v) is 15.2. The highest BCUT2D eigenvalue weighted by Crippen LogP contribution is 2.13. The van der Waals surface area contributed by atoms with Gasteiger partial charge in [0.1, 0.15) is 11.9 Å². The van der Waals surface area contributed by atoms with Gasteiger partial charge in [-0.1, -0.05) is 32.1 Å². The number of hydrogen-bond acceptors (Lipinski definition) is 4. The normalized spacial score (nSPS) is 13.7. The molecule has 0 spiro atoms. The van der Waals surface area contributed by atoms with E-state index in [9.17, 15) is 9.90 Å². The Bertz CT molecular complexity index is 409. The molecule has 0 bridgehead atoms. The van der Waals surface area contributed by atoms with Crippen LogP contribution in [0.15, 0.2) is 11.8 Å². The van der Waals surface area contributed by atoms with Crippen molar-refractivity contribution in [2.24, 2.45) is 0 Å². The van der Waals surface area contributed by atoms with Crippen LogP contribution in [-0.2, 0) is 14.3 Å². The first-order valence-corrected chi connectivity index (χ1v) is 8.79. The quantitative estimate of drug-likeness (QED) is 0.155. The number of carbonyl (C=O) groups excluding carboxylic acids is 1. The van der Waals surface area contributed by atoms with Gasteiger partial charge in [-0.3, -0.25) is 0 Å². The summed E-state index contributed by atoms with van der Waals surface area (Å²) < 4.78 is 10.2. The molecule has 0 fully saturated rings. The van der Waals surface area contributed by atoms with Gasteiger partial charge in [0.25, 0.3) is 0 Å². The van der Waals surface area contributed by atoms with Crippen LogP contribution in [-0.4, -0.2) is 35.8 Å². The van der Waals surface area contributed by atoms with Gasteiger partial charge in [0.05, 0.1) is 24.7 Å². The molecule has 0 amide bonds. The number of aliphatic hydroxyl groups excluding tert-OH is 1. The Morgan fingerprint density at radius 2 is 1.91 bits per heavy atom. The summed E-state index contributed by atoms with van der Waals surface area (Å²) in [5, 5.41) is 9.54. The average molecular weight is 345 g/mol. The number of esters is 1. The number of allylic oxidation sites excluding steroid dienone is 1. The average Bonchev–Trinajstić information content (AvgIpc) is 2.51. The first-order chi connectivity index (χ1) is 11.0. The minimum atomic E-state index is -0.821. The molecule has 0 aromatic carbocycles. The van der Waals surface area contributed by atoms with Gasteiger partial charge < -0.3 is 14.6 Å². The van der Waals surface area contributed by atoms with Crippen molar-refractivity contribution in [2.75, 3.05) is 13.2 Å². The number of hydrogen-bond donors (Lipinski definition) is 1. The van der Waals surface area contributed by atoms with E-state index in [1.54, 1.807) is 6.92 Å². The van der Waals surface area contributed by atoms with E-state index in [2.05, 4.69) is 18.8 Å². The summed E-state index contributed by atoms with van der Waals surface area (Å²) in [5.74, 6) is 5.78. The first-order valence-electron chi connectivity index (χ1n) is 8.35. The minimum absolute atomic E-state index is 0.329. The fourth-order valence-electron chi connectivity index (χ4n) is 1.89. The topological polar surface area (TPSA) is 55.8 Å². The van der Waals surface area contributed by atoms with E-state index in [-0.39, 0.29) is 5.38 Å². The lowest BCUT2D eigenvalue weighted by molar-refractivity contribution is -0.137. The smallest absolute Gasteiger partial charge is 0.334 e. The van der Waals surface area contributed by atoms with Crippen molar-refractivity contribution in [2.45, 2.75) is 70.8 Å². The van der Waals surface area contributed by atoms with Gasteiger partial charge in [0.2, 0.25) is 0 Å². The number of ether oxygens (including phenoxy) is 2. The molecule has 0 rings (SSSR count). The zero-order chi connectivity index (χ0) is 17.5. The van der Waals surface area contributed by atoms with Crippen LogP contribution in [0.2, 0.25) is 0 Å².